The number of hydrogen-bond acceptors (Lipinski definition) is 6. The second kappa shape index (κ2) is 8.34. The first-order valence-corrected chi connectivity index (χ1v) is 10.8. The van der Waals surface area contributed by atoms with Crippen LogP contribution >= 0.6 is 34.7 Å². The van der Waals surface area contributed by atoms with Gasteiger partial charge in [-0.3, -0.25) is 4.57 Å². The molecule has 142 valence electrons. The van der Waals surface area contributed by atoms with E-state index in [1.807, 2.05) is 60.0 Å². The zero-order chi connectivity index (χ0) is 19.5. The first-order valence-electron chi connectivity index (χ1n) is 8.54. The van der Waals surface area contributed by atoms with Gasteiger partial charge in [0.15, 0.2) is 11.0 Å². The molecule has 0 N–H and O–H groups in total. The standard InChI is InChI=1S/C20H17ClN4OS2/c1-13-22-15(11-27-13)12-28-20-24-23-19(14-6-4-3-5-7-14)25(20)16-8-9-18(26-2)17(21)10-16/h3-11H,12H2,1-2H3. The summed E-state index contributed by atoms with van der Waals surface area (Å²) in [7, 11) is 1.60. The number of rotatable bonds is 6. The number of ether oxygens (including phenoxy) is 1. The van der Waals surface area contributed by atoms with E-state index in [-0.39, 0.29) is 0 Å². The zero-order valence-corrected chi connectivity index (χ0v) is 17.7. The molecule has 0 amide bonds. The molecule has 0 unspecified atom stereocenters. The van der Waals surface area contributed by atoms with Gasteiger partial charge in [0.05, 0.1) is 28.5 Å². The van der Waals surface area contributed by atoms with E-state index in [0.29, 0.717) is 10.8 Å². The maximum absolute atomic E-state index is 6.38. The van der Waals surface area contributed by atoms with E-state index >= 15 is 0 Å². The Bertz CT molecular complexity index is 1090. The number of hydrogen-bond donors (Lipinski definition) is 0. The van der Waals surface area contributed by atoms with E-state index in [1.54, 1.807) is 30.2 Å². The highest BCUT2D eigenvalue weighted by Gasteiger charge is 2.17. The van der Waals surface area contributed by atoms with E-state index in [1.165, 1.54) is 0 Å². The zero-order valence-electron chi connectivity index (χ0n) is 15.3. The van der Waals surface area contributed by atoms with E-state index in [0.717, 1.165) is 38.7 Å². The molecule has 0 spiro atoms. The highest BCUT2D eigenvalue weighted by Crippen LogP contribution is 2.33. The summed E-state index contributed by atoms with van der Waals surface area (Å²) < 4.78 is 7.30. The fourth-order valence-electron chi connectivity index (χ4n) is 2.78. The quantitative estimate of drug-likeness (QED) is 0.371. The molecule has 0 aliphatic rings. The predicted molar refractivity (Wildman–Crippen MR) is 115 cm³/mol. The molecule has 28 heavy (non-hydrogen) atoms. The lowest BCUT2D eigenvalue weighted by Gasteiger charge is -2.12. The highest BCUT2D eigenvalue weighted by molar-refractivity contribution is 7.98. The number of aromatic nitrogens is 4. The lowest BCUT2D eigenvalue weighted by molar-refractivity contribution is 0.415. The molecule has 5 nitrogen and oxygen atoms in total. The summed E-state index contributed by atoms with van der Waals surface area (Å²) in [4.78, 5) is 4.53. The Balaban J connectivity index is 1.76. The number of nitrogens with zero attached hydrogens (tertiary/aromatic N) is 4. The lowest BCUT2D eigenvalue weighted by Crippen LogP contribution is -2.00. The van der Waals surface area contributed by atoms with Crippen molar-refractivity contribution in [1.29, 1.82) is 0 Å². The fourth-order valence-corrected chi connectivity index (χ4v) is 4.59. The Morgan fingerprint density at radius 2 is 1.96 bits per heavy atom. The number of benzene rings is 2. The number of thiazole rings is 1. The molecule has 0 bridgehead atoms. The Morgan fingerprint density at radius 1 is 1.14 bits per heavy atom. The van der Waals surface area contributed by atoms with E-state index in [9.17, 15) is 0 Å². The van der Waals surface area contributed by atoms with Crippen LogP contribution < -0.4 is 4.74 Å². The number of halogens is 1. The average Bonchev–Trinajstić information content (AvgIpc) is 3.33. The molecule has 0 saturated carbocycles. The maximum atomic E-state index is 6.38. The number of methoxy groups -OCH3 is 1. The predicted octanol–water partition coefficient (Wildman–Crippen LogP) is 5.65. The van der Waals surface area contributed by atoms with Crippen LogP contribution in [0.15, 0.2) is 59.1 Å². The first kappa shape index (κ1) is 19.0. The van der Waals surface area contributed by atoms with Crippen LogP contribution in [0.25, 0.3) is 17.1 Å². The second-order valence-corrected chi connectivity index (χ2v) is 8.38. The van der Waals surface area contributed by atoms with Gasteiger partial charge in [-0.05, 0) is 25.1 Å². The Labute approximate surface area is 176 Å². The van der Waals surface area contributed by atoms with Crippen molar-refractivity contribution in [1.82, 2.24) is 19.7 Å². The van der Waals surface area contributed by atoms with Gasteiger partial charge in [0, 0.05) is 16.7 Å². The van der Waals surface area contributed by atoms with Gasteiger partial charge in [0.25, 0.3) is 0 Å². The molecule has 0 saturated heterocycles. The minimum Gasteiger partial charge on any atom is -0.495 e. The monoisotopic (exact) mass is 428 g/mol. The van der Waals surface area contributed by atoms with Crippen molar-refractivity contribution >= 4 is 34.7 Å². The first-order chi connectivity index (χ1) is 13.7. The lowest BCUT2D eigenvalue weighted by atomic mass is 10.2. The number of thioether (sulfide) groups is 1. The van der Waals surface area contributed by atoms with Crippen LogP contribution in [-0.2, 0) is 5.75 Å². The smallest absolute Gasteiger partial charge is 0.196 e. The molecule has 0 aliphatic carbocycles. The molecule has 0 atom stereocenters. The van der Waals surface area contributed by atoms with Crippen molar-refractivity contribution in [2.75, 3.05) is 7.11 Å². The summed E-state index contributed by atoms with van der Waals surface area (Å²) in [6.45, 7) is 2.01. The van der Waals surface area contributed by atoms with Crippen LogP contribution in [0, 0.1) is 6.92 Å². The third kappa shape index (κ3) is 3.92. The Kier molecular flexibility index (Phi) is 5.66. The van der Waals surface area contributed by atoms with Gasteiger partial charge >= 0.3 is 0 Å². The minimum absolute atomic E-state index is 0.541. The van der Waals surface area contributed by atoms with Crippen LogP contribution in [0.4, 0.5) is 0 Å². The van der Waals surface area contributed by atoms with Crippen LogP contribution in [0.5, 0.6) is 5.75 Å². The van der Waals surface area contributed by atoms with Crippen LogP contribution in [-0.4, -0.2) is 26.9 Å². The van der Waals surface area contributed by atoms with Crippen molar-refractivity contribution in [2.45, 2.75) is 17.8 Å². The largest absolute Gasteiger partial charge is 0.495 e. The second-order valence-electron chi connectivity index (χ2n) is 5.97. The van der Waals surface area contributed by atoms with E-state index in [2.05, 4.69) is 20.6 Å². The van der Waals surface area contributed by atoms with Crippen molar-refractivity contribution < 1.29 is 4.74 Å². The van der Waals surface area contributed by atoms with Crippen molar-refractivity contribution in [3.05, 3.63) is 69.6 Å². The summed E-state index contributed by atoms with van der Waals surface area (Å²) in [5, 5.41) is 13.4. The van der Waals surface area contributed by atoms with Crippen LogP contribution in [0.1, 0.15) is 10.7 Å². The molecule has 0 radical (unpaired) electrons. The normalized spacial score (nSPS) is 11.0. The molecule has 4 rings (SSSR count). The van der Waals surface area contributed by atoms with Crippen molar-refractivity contribution in [3.8, 4) is 22.8 Å². The van der Waals surface area contributed by atoms with Gasteiger partial charge in [-0.15, -0.1) is 21.5 Å². The maximum Gasteiger partial charge on any atom is 0.196 e. The number of aryl methyl sites for hydroxylation is 1. The molecule has 2 aromatic carbocycles. The Hall–Kier alpha value is -2.35. The van der Waals surface area contributed by atoms with Gasteiger partial charge in [-0.2, -0.15) is 0 Å². The van der Waals surface area contributed by atoms with Gasteiger partial charge in [-0.1, -0.05) is 53.7 Å². The summed E-state index contributed by atoms with van der Waals surface area (Å²) >= 11 is 9.63. The van der Waals surface area contributed by atoms with E-state index in [4.69, 9.17) is 16.3 Å². The molecule has 0 fully saturated rings. The molecule has 0 aliphatic heterocycles. The van der Waals surface area contributed by atoms with Crippen molar-refractivity contribution in [2.24, 2.45) is 0 Å². The van der Waals surface area contributed by atoms with Gasteiger partial charge < -0.3 is 4.74 Å². The molecule has 4 aromatic rings. The van der Waals surface area contributed by atoms with Gasteiger partial charge in [0.2, 0.25) is 0 Å². The van der Waals surface area contributed by atoms with Gasteiger partial charge in [0.1, 0.15) is 5.75 Å². The summed E-state index contributed by atoms with van der Waals surface area (Å²) in [6, 6.07) is 15.7. The molecule has 2 heterocycles. The summed E-state index contributed by atoms with van der Waals surface area (Å²) in [5.74, 6) is 2.12. The molecular formula is C20H17ClN4OS2. The van der Waals surface area contributed by atoms with Crippen LogP contribution in [0.2, 0.25) is 5.02 Å². The summed E-state index contributed by atoms with van der Waals surface area (Å²) in [6.07, 6.45) is 0. The summed E-state index contributed by atoms with van der Waals surface area (Å²) in [5.41, 5.74) is 2.90. The third-order valence-electron chi connectivity index (χ3n) is 4.07. The van der Waals surface area contributed by atoms with Crippen molar-refractivity contribution in [3.63, 3.8) is 0 Å². The van der Waals surface area contributed by atoms with Gasteiger partial charge in [-0.25, -0.2) is 4.98 Å². The average molecular weight is 429 g/mol. The molecule has 8 heteroatoms. The van der Waals surface area contributed by atoms with E-state index < -0.39 is 0 Å². The third-order valence-corrected chi connectivity index (χ3v) is 6.15. The SMILES string of the molecule is COc1ccc(-n2c(SCc3csc(C)n3)nnc2-c2ccccc2)cc1Cl. The molecule has 2 aromatic heterocycles. The minimum atomic E-state index is 0.541. The fraction of sp³-hybridized carbons (Fsp3) is 0.150. The molecular weight excluding hydrogens is 412 g/mol. The topological polar surface area (TPSA) is 52.8 Å². The Morgan fingerprint density at radius 3 is 2.64 bits per heavy atom. The highest BCUT2D eigenvalue weighted by atomic mass is 35.5. The van der Waals surface area contributed by atoms with Crippen LogP contribution in [0.3, 0.4) is 0 Å².